The van der Waals surface area contributed by atoms with Crippen molar-refractivity contribution in [3.8, 4) is 46.3 Å². The Balaban J connectivity index is 1.18. The third kappa shape index (κ3) is 7.68. The van der Waals surface area contributed by atoms with Gasteiger partial charge in [0.2, 0.25) is 13.1 Å². The summed E-state index contributed by atoms with van der Waals surface area (Å²) in [6.07, 6.45) is 2.00. The number of benzene rings is 4. The first kappa shape index (κ1) is 46.6. The summed E-state index contributed by atoms with van der Waals surface area (Å²) in [4.78, 5) is 32.5. The maximum atomic E-state index is 15.2. The van der Waals surface area contributed by atoms with Crippen molar-refractivity contribution < 1.29 is 57.7 Å². The Morgan fingerprint density at radius 2 is 1.78 bits per heavy atom. The number of ether oxygens (including phenoxy) is 8. The highest BCUT2D eigenvalue weighted by Crippen LogP contribution is 2.65. The van der Waals surface area contributed by atoms with Crippen LogP contribution in [0.25, 0.3) is 6.08 Å². The number of nitriles is 1. The second-order valence-corrected chi connectivity index (χ2v) is 20.5. The third-order valence-corrected chi connectivity index (χ3v) is 15.7. The number of aliphatic hydroxyl groups excluding tert-OH is 1. The van der Waals surface area contributed by atoms with Gasteiger partial charge in [0.1, 0.15) is 24.0 Å². The first-order valence-electron chi connectivity index (χ1n) is 23.1. The van der Waals surface area contributed by atoms with Gasteiger partial charge in [-0.1, -0.05) is 42.5 Å². The second-order valence-electron chi connectivity index (χ2n) is 19.3. The van der Waals surface area contributed by atoms with Gasteiger partial charge in [0.05, 0.1) is 37.6 Å². The van der Waals surface area contributed by atoms with Crippen molar-refractivity contribution in [2.45, 2.75) is 100 Å². The number of hydrogen-bond donors (Lipinski definition) is 3. The number of nitrogens with zero attached hydrogens (tertiary/aromatic N) is 3. The zero-order valence-corrected chi connectivity index (χ0v) is 40.6. The van der Waals surface area contributed by atoms with Crippen molar-refractivity contribution in [1.82, 2.24) is 15.1 Å². The fourth-order valence-electron chi connectivity index (χ4n) is 11.4. The number of hydrogen-bond acceptors (Lipinski definition) is 17. The van der Waals surface area contributed by atoms with E-state index in [2.05, 4.69) is 21.2 Å². The molecule has 0 radical (unpaired) electrons. The van der Waals surface area contributed by atoms with E-state index >= 15 is 4.79 Å². The van der Waals surface area contributed by atoms with E-state index in [4.69, 9.17) is 37.9 Å². The molecule has 7 heterocycles. The van der Waals surface area contributed by atoms with Gasteiger partial charge in [-0.05, 0) is 101 Å². The molecule has 7 aliphatic heterocycles. The molecular formula is C52H56N4O12S. The summed E-state index contributed by atoms with van der Waals surface area (Å²) in [6, 6.07) is 14.7. The van der Waals surface area contributed by atoms with Gasteiger partial charge in [-0.3, -0.25) is 15.1 Å². The summed E-state index contributed by atoms with van der Waals surface area (Å²) >= 11 is 1.48. The van der Waals surface area contributed by atoms with E-state index in [0.29, 0.717) is 70.2 Å². The van der Waals surface area contributed by atoms with Gasteiger partial charge in [-0.25, -0.2) is 9.59 Å². The Morgan fingerprint density at radius 3 is 2.51 bits per heavy atom. The van der Waals surface area contributed by atoms with Gasteiger partial charge >= 0.3 is 12.1 Å². The fourth-order valence-corrected chi connectivity index (χ4v) is 13.1. The number of aliphatic hydroxyl groups is 1. The van der Waals surface area contributed by atoms with Crippen LogP contribution in [0.5, 0.6) is 40.2 Å². The summed E-state index contributed by atoms with van der Waals surface area (Å²) in [5.41, 5.74) is 4.23. The maximum absolute atomic E-state index is 15.2. The first-order chi connectivity index (χ1) is 33.1. The average molecular weight is 961 g/mol. The number of nitrogens with one attached hydrogen (secondary N) is 1. The monoisotopic (exact) mass is 960 g/mol. The molecule has 0 saturated carbocycles. The number of phenols is 1. The van der Waals surface area contributed by atoms with Crippen LogP contribution in [0.2, 0.25) is 0 Å². The number of aryl methyl sites for hydroxylation is 1. The third-order valence-electron chi connectivity index (χ3n) is 14.2. The Bertz CT molecular complexity index is 2810. The van der Waals surface area contributed by atoms with E-state index in [1.807, 2.05) is 57.3 Å². The van der Waals surface area contributed by atoms with Gasteiger partial charge in [0.25, 0.3) is 0 Å². The Morgan fingerprint density at radius 1 is 1.01 bits per heavy atom. The quantitative estimate of drug-likeness (QED) is 0.0967. The van der Waals surface area contributed by atoms with Crippen molar-refractivity contribution >= 4 is 30.0 Å². The van der Waals surface area contributed by atoms with Gasteiger partial charge in [-0.15, -0.1) is 11.8 Å². The molecule has 0 amide bonds. The highest BCUT2D eigenvalue weighted by molar-refractivity contribution is 7.99. The zero-order chi connectivity index (χ0) is 48.7. The molecule has 1 spiro atoms. The largest absolute Gasteiger partial charge is 0.514 e. The number of thioether (sulfide) groups is 1. The predicted octanol–water partition coefficient (Wildman–Crippen LogP) is 7.08. The number of carbonyl (C=O) groups excluding carboxylic acids is 2. The fraction of sp³-hybridized carbons (Fsp3) is 0.442. The van der Waals surface area contributed by atoms with E-state index in [9.17, 15) is 20.3 Å². The molecule has 4 bridgehead atoms. The summed E-state index contributed by atoms with van der Waals surface area (Å²) < 4.78 is 48.7. The highest BCUT2D eigenvalue weighted by Gasteiger charge is 2.62. The second kappa shape index (κ2) is 17.7. The minimum Gasteiger partial charge on any atom is -0.504 e. The molecule has 17 heteroatoms. The van der Waals surface area contributed by atoms with Gasteiger partial charge < -0.3 is 48.1 Å². The van der Waals surface area contributed by atoms with Crippen LogP contribution in [0.4, 0.5) is 4.79 Å². The van der Waals surface area contributed by atoms with Crippen LogP contribution in [0.3, 0.4) is 0 Å². The van der Waals surface area contributed by atoms with E-state index in [1.54, 1.807) is 45.1 Å². The number of methoxy groups -OCH3 is 2. The van der Waals surface area contributed by atoms with Crippen molar-refractivity contribution in [1.29, 1.82) is 5.26 Å². The number of likely N-dealkylation sites (N-methyl/N-ethyl adjacent to an activating group) is 1. The van der Waals surface area contributed by atoms with E-state index in [0.717, 1.165) is 22.3 Å². The smallest absolute Gasteiger partial charge is 0.504 e. The van der Waals surface area contributed by atoms with Crippen LogP contribution in [-0.2, 0) is 32.6 Å². The summed E-state index contributed by atoms with van der Waals surface area (Å²) in [6.45, 7) is 9.06. The summed E-state index contributed by atoms with van der Waals surface area (Å²) in [5, 5.41) is 38.4. The molecule has 0 aliphatic carbocycles. The van der Waals surface area contributed by atoms with Crippen molar-refractivity contribution in [2.24, 2.45) is 0 Å². The first-order valence-corrected chi connectivity index (χ1v) is 24.1. The van der Waals surface area contributed by atoms with Crippen molar-refractivity contribution in [3.05, 3.63) is 105 Å². The molecule has 2 unspecified atom stereocenters. The molecule has 69 heavy (non-hydrogen) atoms. The lowest BCUT2D eigenvalue weighted by Crippen LogP contribution is -2.69. The molecule has 3 N–H and O–H groups in total. The number of rotatable bonds is 7. The molecular weight excluding hydrogens is 905 g/mol. The summed E-state index contributed by atoms with van der Waals surface area (Å²) in [5.74, 6) is 1.53. The molecule has 2 saturated heterocycles. The highest BCUT2D eigenvalue weighted by atomic mass is 32.2. The molecule has 2 fully saturated rings. The summed E-state index contributed by atoms with van der Waals surface area (Å²) in [7, 11) is 4.99. The normalized spacial score (nSPS) is 26.2. The van der Waals surface area contributed by atoms with Crippen LogP contribution >= 0.6 is 11.8 Å². The van der Waals surface area contributed by atoms with Crippen LogP contribution in [0, 0.1) is 25.2 Å². The minimum atomic E-state index is -1.46. The maximum Gasteiger partial charge on any atom is 0.514 e. The van der Waals surface area contributed by atoms with Crippen molar-refractivity contribution in [3.63, 3.8) is 0 Å². The van der Waals surface area contributed by atoms with Crippen LogP contribution in [0.15, 0.2) is 54.6 Å². The van der Waals surface area contributed by atoms with E-state index < -0.39 is 59.0 Å². The Labute approximate surface area is 405 Å². The van der Waals surface area contributed by atoms with Gasteiger partial charge in [-0.2, -0.15) is 5.26 Å². The van der Waals surface area contributed by atoms with Crippen LogP contribution in [-0.4, -0.2) is 109 Å². The molecule has 16 nitrogen and oxygen atoms in total. The SMILES string of the molecule is COc1cc2c(cc1OC(=O)OC(C)(C)C)CCN[C@]21CS[C@@H]2c3c(OC(O)/C=C/c4ccccc4)c(C)c4c(c3[C@H](COC1=O)N1C2[C@@H]2c3c(cc(C)c(OC)c3O)C[C@@H]([C@@H]1C#N)N2C)OCO4. The number of piperazine rings is 1. The van der Waals surface area contributed by atoms with E-state index in [1.165, 1.54) is 26.0 Å². The lowest BCUT2D eigenvalue weighted by atomic mass is 9.71. The lowest BCUT2D eigenvalue weighted by Gasteiger charge is -2.62. The van der Waals surface area contributed by atoms with Gasteiger partial charge in [0, 0.05) is 46.6 Å². The molecule has 0 aromatic heterocycles. The minimum absolute atomic E-state index is 0.0263. The molecule has 4 aromatic rings. The molecule has 362 valence electrons. The zero-order valence-electron chi connectivity index (χ0n) is 39.8. The molecule has 7 aliphatic rings. The predicted molar refractivity (Wildman–Crippen MR) is 254 cm³/mol. The Hall–Kier alpha value is -6.16. The van der Waals surface area contributed by atoms with Crippen LogP contribution < -0.4 is 33.7 Å². The van der Waals surface area contributed by atoms with E-state index in [-0.39, 0.29) is 42.4 Å². The van der Waals surface area contributed by atoms with Crippen LogP contribution in [0.1, 0.15) is 88.2 Å². The Kier molecular flexibility index (Phi) is 11.9. The van der Waals surface area contributed by atoms with Gasteiger partial charge in [0.15, 0.2) is 40.0 Å². The standard InChI is InChI=1S/C52H56N4O12S/c1-26-18-30-19-32-33(22-53)56-34-23-63-49(59)52(31-21-35(61-7)36(20-29(31)16-17-54-52)66-50(60)68-51(3,4)5)24-69-48(42(56)41(55(32)6)38(30)43(58)44(26)62-8)40-39(34)47-46(64-25-65-47)27(2)45(40)67-37(57)15-14-28-12-10-9-11-13-28/h9-15,18,20-21,32-34,37,41-42,48,54,57-58H,16-17,19,23-25H2,1-8H3/b15-14+/t32-,33-,34-,37?,41-,42?,48+,52+/m0/s1. The molecule has 4 aromatic carbocycles. The topological polar surface area (TPSA) is 191 Å². The molecule has 11 rings (SSSR count). The molecule has 8 atom stereocenters. The number of esters is 1. The average Bonchev–Trinajstić information content (AvgIpc) is 3.81. The lowest BCUT2D eigenvalue weighted by molar-refractivity contribution is -0.157. The van der Waals surface area contributed by atoms with Crippen molar-refractivity contribution in [2.75, 3.05) is 47.0 Å². The number of carbonyl (C=O) groups is 2. The number of phenolic OH excluding ortho intramolecular Hbond substituents is 1. The number of aromatic hydroxyl groups is 1. The number of fused-ring (bicyclic) bond motifs is 9.